The van der Waals surface area contributed by atoms with E-state index in [1.165, 1.54) is 12.4 Å². The third kappa shape index (κ3) is 2.48. The van der Waals surface area contributed by atoms with Gasteiger partial charge in [0.2, 0.25) is 0 Å². The van der Waals surface area contributed by atoms with E-state index >= 15 is 0 Å². The molecule has 0 bridgehead atoms. The van der Waals surface area contributed by atoms with Crippen LogP contribution in [0, 0.1) is 0 Å². The summed E-state index contributed by atoms with van der Waals surface area (Å²) in [5.74, 6) is -0.0830. The van der Waals surface area contributed by atoms with Crippen molar-refractivity contribution < 1.29 is 4.79 Å². The number of hydrogen-bond donors (Lipinski definition) is 1. The quantitative estimate of drug-likeness (QED) is 0.681. The van der Waals surface area contributed by atoms with Gasteiger partial charge in [0.15, 0.2) is 0 Å². The first-order valence-corrected chi connectivity index (χ1v) is 3.98. The van der Waals surface area contributed by atoms with Crippen LogP contribution in [0.5, 0.6) is 0 Å². The molecular formula is C8H12N4O. The van der Waals surface area contributed by atoms with Crippen LogP contribution < -0.4 is 5.73 Å². The monoisotopic (exact) mass is 180 g/mol. The highest BCUT2D eigenvalue weighted by Crippen LogP contribution is 1.98. The van der Waals surface area contributed by atoms with Gasteiger partial charge in [0.05, 0.1) is 18.0 Å². The van der Waals surface area contributed by atoms with E-state index < -0.39 is 0 Å². The average molecular weight is 180 g/mol. The minimum absolute atomic E-state index is 0.0830. The number of likely N-dealkylation sites (N-methyl/N-ethyl adjacent to an activating group) is 1. The smallest absolute Gasteiger partial charge is 0.255 e. The molecule has 2 N–H and O–H groups in total. The maximum Gasteiger partial charge on any atom is 0.255 e. The molecule has 1 amide bonds. The van der Waals surface area contributed by atoms with E-state index in [9.17, 15) is 4.79 Å². The molecule has 0 radical (unpaired) electrons. The molecule has 1 aromatic heterocycles. The Bertz CT molecular complexity index is 275. The maximum atomic E-state index is 11.5. The molecule has 5 heteroatoms. The lowest BCUT2D eigenvalue weighted by Crippen LogP contribution is -2.31. The average Bonchev–Trinajstić information content (AvgIpc) is 2.18. The molecule has 0 saturated heterocycles. The fraction of sp³-hybridized carbons (Fsp3) is 0.375. The topological polar surface area (TPSA) is 72.1 Å². The van der Waals surface area contributed by atoms with Gasteiger partial charge >= 0.3 is 0 Å². The second kappa shape index (κ2) is 4.51. The summed E-state index contributed by atoms with van der Waals surface area (Å²) in [4.78, 5) is 13.1. The number of hydrogen-bond acceptors (Lipinski definition) is 4. The second-order valence-electron chi connectivity index (χ2n) is 2.65. The molecule has 0 fully saturated rings. The van der Waals surface area contributed by atoms with Gasteiger partial charge in [-0.1, -0.05) is 0 Å². The number of rotatable bonds is 3. The highest BCUT2D eigenvalue weighted by Gasteiger charge is 2.09. The van der Waals surface area contributed by atoms with Gasteiger partial charge in [-0.3, -0.25) is 4.79 Å². The van der Waals surface area contributed by atoms with Crippen molar-refractivity contribution >= 4 is 5.91 Å². The van der Waals surface area contributed by atoms with E-state index in [1.54, 1.807) is 18.0 Å². The molecule has 0 aromatic carbocycles. The number of aromatic nitrogens is 2. The Morgan fingerprint density at radius 1 is 1.62 bits per heavy atom. The number of nitrogens with two attached hydrogens (primary N) is 1. The predicted molar refractivity (Wildman–Crippen MR) is 48.0 cm³/mol. The summed E-state index contributed by atoms with van der Waals surface area (Å²) in [5.41, 5.74) is 5.86. The van der Waals surface area contributed by atoms with Gasteiger partial charge in [-0.15, -0.1) is 0 Å². The standard InChI is InChI=1S/C8H12N4O/c1-12(5-3-9)8(13)7-2-4-10-11-6-7/h2,4,6H,3,5,9H2,1H3. The zero-order chi connectivity index (χ0) is 9.68. The van der Waals surface area contributed by atoms with Gasteiger partial charge in [-0.25, -0.2) is 0 Å². The molecule has 0 spiro atoms. The van der Waals surface area contributed by atoms with Crippen LogP contribution in [-0.4, -0.2) is 41.1 Å². The Kier molecular flexibility index (Phi) is 3.33. The summed E-state index contributed by atoms with van der Waals surface area (Å²) < 4.78 is 0. The molecular weight excluding hydrogens is 168 g/mol. The lowest BCUT2D eigenvalue weighted by Gasteiger charge is -2.14. The normalized spacial score (nSPS) is 9.69. The van der Waals surface area contributed by atoms with E-state index in [0.717, 1.165) is 0 Å². The molecule has 1 rings (SSSR count). The van der Waals surface area contributed by atoms with E-state index in [2.05, 4.69) is 10.2 Å². The van der Waals surface area contributed by atoms with Crippen LogP contribution in [0.1, 0.15) is 10.4 Å². The van der Waals surface area contributed by atoms with E-state index in [0.29, 0.717) is 18.7 Å². The molecule has 0 aliphatic carbocycles. The zero-order valence-electron chi connectivity index (χ0n) is 7.47. The highest BCUT2D eigenvalue weighted by molar-refractivity contribution is 5.93. The minimum atomic E-state index is -0.0830. The van der Waals surface area contributed by atoms with Crippen molar-refractivity contribution in [1.82, 2.24) is 15.1 Å². The van der Waals surface area contributed by atoms with Gasteiger partial charge in [-0.2, -0.15) is 10.2 Å². The van der Waals surface area contributed by atoms with Crippen molar-refractivity contribution in [1.29, 1.82) is 0 Å². The zero-order valence-corrected chi connectivity index (χ0v) is 7.47. The summed E-state index contributed by atoms with van der Waals surface area (Å²) in [6.07, 6.45) is 2.93. The molecule has 0 saturated carbocycles. The number of nitrogens with zero attached hydrogens (tertiary/aromatic N) is 3. The Morgan fingerprint density at radius 3 is 2.92 bits per heavy atom. The predicted octanol–water partition coefficient (Wildman–Crippen LogP) is -0.493. The van der Waals surface area contributed by atoms with Gasteiger partial charge in [0, 0.05) is 20.1 Å². The van der Waals surface area contributed by atoms with E-state index in [-0.39, 0.29) is 5.91 Å². The third-order valence-corrected chi connectivity index (χ3v) is 1.64. The van der Waals surface area contributed by atoms with Crippen LogP contribution in [0.3, 0.4) is 0 Å². The summed E-state index contributed by atoms with van der Waals surface area (Å²) in [5, 5.41) is 7.21. The number of carbonyl (C=O) groups is 1. The van der Waals surface area contributed by atoms with Crippen molar-refractivity contribution in [2.75, 3.05) is 20.1 Å². The first-order valence-electron chi connectivity index (χ1n) is 3.98. The maximum absolute atomic E-state index is 11.5. The molecule has 1 aromatic rings. The molecule has 13 heavy (non-hydrogen) atoms. The fourth-order valence-corrected chi connectivity index (χ4v) is 0.933. The van der Waals surface area contributed by atoms with Gasteiger partial charge in [0.25, 0.3) is 5.91 Å². The Morgan fingerprint density at radius 2 is 2.38 bits per heavy atom. The van der Waals surface area contributed by atoms with Crippen LogP contribution in [0.15, 0.2) is 18.5 Å². The van der Waals surface area contributed by atoms with Crippen LogP contribution in [0.2, 0.25) is 0 Å². The molecule has 0 aliphatic rings. The molecule has 1 heterocycles. The third-order valence-electron chi connectivity index (χ3n) is 1.64. The second-order valence-corrected chi connectivity index (χ2v) is 2.65. The summed E-state index contributed by atoms with van der Waals surface area (Å²) >= 11 is 0. The van der Waals surface area contributed by atoms with Gasteiger partial charge in [0.1, 0.15) is 0 Å². The molecule has 0 atom stereocenters. The minimum Gasteiger partial charge on any atom is -0.340 e. The molecule has 0 aliphatic heterocycles. The largest absolute Gasteiger partial charge is 0.340 e. The lowest BCUT2D eigenvalue weighted by molar-refractivity contribution is 0.0798. The number of amides is 1. The first-order chi connectivity index (χ1) is 6.25. The van der Waals surface area contributed by atoms with Crippen LogP contribution in [0.25, 0.3) is 0 Å². The SMILES string of the molecule is CN(CCN)C(=O)c1ccnnc1. The van der Waals surface area contributed by atoms with E-state index in [4.69, 9.17) is 5.73 Å². The van der Waals surface area contributed by atoms with Crippen molar-refractivity contribution in [3.63, 3.8) is 0 Å². The lowest BCUT2D eigenvalue weighted by atomic mass is 10.3. The van der Waals surface area contributed by atoms with Crippen molar-refractivity contribution in [3.8, 4) is 0 Å². The fourth-order valence-electron chi connectivity index (χ4n) is 0.933. The van der Waals surface area contributed by atoms with Crippen LogP contribution in [0.4, 0.5) is 0 Å². The van der Waals surface area contributed by atoms with Crippen LogP contribution in [-0.2, 0) is 0 Å². The van der Waals surface area contributed by atoms with Gasteiger partial charge < -0.3 is 10.6 Å². The first kappa shape index (κ1) is 9.60. The molecule has 70 valence electrons. The molecule has 0 unspecified atom stereocenters. The van der Waals surface area contributed by atoms with Crippen molar-refractivity contribution in [2.24, 2.45) is 5.73 Å². The Labute approximate surface area is 76.6 Å². The summed E-state index contributed by atoms with van der Waals surface area (Å²) in [6.45, 7) is 1.00. The number of carbonyl (C=O) groups excluding carboxylic acids is 1. The highest BCUT2D eigenvalue weighted by atomic mass is 16.2. The van der Waals surface area contributed by atoms with Crippen molar-refractivity contribution in [3.05, 3.63) is 24.0 Å². The Balaban J connectivity index is 2.68. The van der Waals surface area contributed by atoms with Crippen molar-refractivity contribution in [2.45, 2.75) is 0 Å². The van der Waals surface area contributed by atoms with Gasteiger partial charge in [-0.05, 0) is 6.07 Å². The summed E-state index contributed by atoms with van der Waals surface area (Å²) in [6, 6.07) is 1.63. The van der Waals surface area contributed by atoms with E-state index in [1.807, 2.05) is 0 Å². The molecule has 5 nitrogen and oxygen atoms in total. The summed E-state index contributed by atoms with van der Waals surface area (Å²) in [7, 11) is 1.70. The van der Waals surface area contributed by atoms with Crippen LogP contribution >= 0.6 is 0 Å². The Hall–Kier alpha value is -1.49.